The number of fused-ring (bicyclic) bond motifs is 1. The van der Waals surface area contributed by atoms with Gasteiger partial charge in [-0.05, 0) is 37.5 Å². The van der Waals surface area contributed by atoms with Gasteiger partial charge in [0, 0.05) is 10.9 Å². The molecule has 1 amide bonds. The van der Waals surface area contributed by atoms with Crippen molar-refractivity contribution in [1.82, 2.24) is 9.97 Å². The molecule has 3 rings (SSSR count). The van der Waals surface area contributed by atoms with Crippen LogP contribution in [0.1, 0.15) is 18.1 Å². The van der Waals surface area contributed by atoms with Crippen molar-refractivity contribution in [2.45, 2.75) is 31.0 Å². The Balaban J connectivity index is 2.14. The number of primary amides is 1. The molecule has 0 saturated heterocycles. The summed E-state index contributed by atoms with van der Waals surface area (Å²) >= 11 is 2.97. The molecule has 0 saturated carbocycles. The highest BCUT2D eigenvalue weighted by molar-refractivity contribution is 8.00. The lowest BCUT2D eigenvalue weighted by Gasteiger charge is -2.09. The number of carbonyl (C=O) groups excluding carboxylic acids is 1. The fourth-order valence-electron chi connectivity index (χ4n) is 2.28. The number of hydrogen-bond acceptors (Lipinski definition) is 5. The Morgan fingerprint density at radius 3 is 2.74 bits per heavy atom. The van der Waals surface area contributed by atoms with Gasteiger partial charge in [-0.1, -0.05) is 30.0 Å². The van der Waals surface area contributed by atoms with E-state index in [1.165, 1.54) is 22.9 Å². The number of nitrogens with zero attached hydrogens (tertiary/aromatic N) is 2. The summed E-state index contributed by atoms with van der Waals surface area (Å²) in [6, 6.07) is 6.41. The zero-order valence-corrected chi connectivity index (χ0v) is 14.8. The normalized spacial score (nSPS) is 12.5. The summed E-state index contributed by atoms with van der Waals surface area (Å²) in [7, 11) is 0. The lowest BCUT2D eigenvalue weighted by molar-refractivity contribution is -0.117. The molecular formula is C17H17N3OS2. The Morgan fingerprint density at radius 1 is 1.26 bits per heavy atom. The predicted octanol–water partition coefficient (Wildman–Crippen LogP) is 3.94. The van der Waals surface area contributed by atoms with Crippen LogP contribution in [0.5, 0.6) is 0 Å². The minimum absolute atomic E-state index is 0.333. The smallest absolute Gasteiger partial charge is 0.230 e. The van der Waals surface area contributed by atoms with Gasteiger partial charge in [0.1, 0.15) is 16.2 Å². The number of hydrogen-bond donors (Lipinski definition) is 1. The van der Waals surface area contributed by atoms with Crippen LogP contribution in [0, 0.1) is 13.8 Å². The lowest BCUT2D eigenvalue weighted by Crippen LogP contribution is -2.22. The molecule has 0 aliphatic heterocycles. The molecule has 2 heterocycles. The van der Waals surface area contributed by atoms with Gasteiger partial charge in [0.2, 0.25) is 5.91 Å². The monoisotopic (exact) mass is 343 g/mol. The van der Waals surface area contributed by atoms with Crippen molar-refractivity contribution in [2.24, 2.45) is 5.73 Å². The average Bonchev–Trinajstić information content (AvgIpc) is 2.95. The predicted molar refractivity (Wildman–Crippen MR) is 96.8 cm³/mol. The van der Waals surface area contributed by atoms with Gasteiger partial charge in [-0.15, -0.1) is 11.3 Å². The van der Waals surface area contributed by atoms with E-state index in [1.54, 1.807) is 24.6 Å². The maximum atomic E-state index is 11.4. The second-order valence-corrected chi connectivity index (χ2v) is 7.66. The first-order valence-corrected chi connectivity index (χ1v) is 8.99. The number of carbonyl (C=O) groups is 1. The van der Waals surface area contributed by atoms with E-state index in [2.05, 4.69) is 47.4 Å². The van der Waals surface area contributed by atoms with Gasteiger partial charge < -0.3 is 5.73 Å². The molecule has 2 N–H and O–H groups in total. The van der Waals surface area contributed by atoms with E-state index < -0.39 is 0 Å². The van der Waals surface area contributed by atoms with Gasteiger partial charge >= 0.3 is 0 Å². The molecule has 1 atom stereocenters. The van der Waals surface area contributed by atoms with E-state index in [-0.39, 0.29) is 11.2 Å². The highest BCUT2D eigenvalue weighted by Gasteiger charge is 2.18. The van der Waals surface area contributed by atoms with Crippen molar-refractivity contribution in [3.8, 4) is 11.1 Å². The molecule has 6 heteroatoms. The standard InChI is InChI=1S/C17H17N3OS2/c1-9-4-5-12(6-10(9)2)13-7-22-16-14(13)17(20-8-19-16)23-11(3)15(18)21/h4-8,11H,1-3H3,(H2,18,21). The highest BCUT2D eigenvalue weighted by Crippen LogP contribution is 2.39. The molecule has 4 nitrogen and oxygen atoms in total. The summed E-state index contributed by atoms with van der Waals surface area (Å²) in [6.07, 6.45) is 1.54. The summed E-state index contributed by atoms with van der Waals surface area (Å²) in [4.78, 5) is 21.0. The summed E-state index contributed by atoms with van der Waals surface area (Å²) in [5, 5.41) is 3.57. The molecule has 0 bridgehead atoms. The van der Waals surface area contributed by atoms with Crippen LogP contribution in [0.4, 0.5) is 0 Å². The van der Waals surface area contributed by atoms with Gasteiger partial charge in [-0.2, -0.15) is 0 Å². The SMILES string of the molecule is Cc1ccc(-c2csc3ncnc(SC(C)C(N)=O)c23)cc1C. The molecule has 0 fully saturated rings. The third-order valence-corrected chi connectivity index (χ3v) is 5.85. The Kier molecular flexibility index (Phi) is 4.37. The quantitative estimate of drug-likeness (QED) is 0.575. The molecule has 0 aliphatic rings. The number of rotatable bonds is 4. The first-order chi connectivity index (χ1) is 11.0. The van der Waals surface area contributed by atoms with E-state index >= 15 is 0 Å². The van der Waals surface area contributed by atoms with Gasteiger partial charge in [0.05, 0.1) is 10.6 Å². The van der Waals surface area contributed by atoms with Crippen LogP contribution in [0.15, 0.2) is 34.9 Å². The van der Waals surface area contributed by atoms with Crippen LogP contribution >= 0.6 is 23.1 Å². The molecule has 1 unspecified atom stereocenters. The lowest BCUT2D eigenvalue weighted by atomic mass is 10.0. The van der Waals surface area contributed by atoms with Gasteiger partial charge in [-0.25, -0.2) is 9.97 Å². The summed E-state index contributed by atoms with van der Waals surface area (Å²) < 4.78 is 0. The van der Waals surface area contributed by atoms with Gasteiger partial charge in [0.25, 0.3) is 0 Å². The highest BCUT2D eigenvalue weighted by atomic mass is 32.2. The maximum Gasteiger partial charge on any atom is 0.230 e. The van der Waals surface area contributed by atoms with Gasteiger partial charge in [0.15, 0.2) is 0 Å². The van der Waals surface area contributed by atoms with Crippen LogP contribution < -0.4 is 5.73 Å². The molecule has 118 valence electrons. The molecular weight excluding hydrogens is 326 g/mol. The first kappa shape index (κ1) is 16.0. The van der Waals surface area contributed by atoms with Gasteiger partial charge in [-0.3, -0.25) is 4.79 Å². The van der Waals surface area contributed by atoms with E-state index in [0.717, 1.165) is 26.4 Å². The summed E-state index contributed by atoms with van der Waals surface area (Å²) in [6.45, 7) is 6.00. The topological polar surface area (TPSA) is 68.9 Å². The van der Waals surface area contributed by atoms with Crippen LogP contribution in [-0.4, -0.2) is 21.1 Å². The number of amides is 1. The fraction of sp³-hybridized carbons (Fsp3) is 0.235. The number of aryl methyl sites for hydroxylation is 2. The minimum atomic E-state index is -0.343. The molecule has 0 aliphatic carbocycles. The molecule has 0 radical (unpaired) electrons. The van der Waals surface area contributed by atoms with E-state index in [9.17, 15) is 4.79 Å². The molecule has 1 aromatic carbocycles. The van der Waals surface area contributed by atoms with E-state index in [0.29, 0.717) is 0 Å². The zero-order chi connectivity index (χ0) is 16.6. The third-order valence-electron chi connectivity index (χ3n) is 3.84. The Bertz CT molecular complexity index is 889. The largest absolute Gasteiger partial charge is 0.369 e. The second-order valence-electron chi connectivity index (χ2n) is 5.47. The van der Waals surface area contributed by atoms with Crippen molar-refractivity contribution < 1.29 is 4.79 Å². The van der Waals surface area contributed by atoms with Crippen LogP contribution in [0.2, 0.25) is 0 Å². The zero-order valence-electron chi connectivity index (χ0n) is 13.2. The van der Waals surface area contributed by atoms with Crippen LogP contribution in [0.25, 0.3) is 21.3 Å². The average molecular weight is 343 g/mol. The van der Waals surface area contributed by atoms with Crippen LogP contribution in [-0.2, 0) is 4.79 Å². The van der Waals surface area contributed by atoms with Crippen molar-refractivity contribution >= 4 is 39.2 Å². The van der Waals surface area contributed by atoms with Crippen molar-refractivity contribution in [1.29, 1.82) is 0 Å². The summed E-state index contributed by atoms with van der Waals surface area (Å²) in [5.41, 5.74) is 10.1. The summed E-state index contributed by atoms with van der Waals surface area (Å²) in [5.74, 6) is -0.343. The molecule has 0 spiro atoms. The first-order valence-electron chi connectivity index (χ1n) is 7.23. The van der Waals surface area contributed by atoms with E-state index in [4.69, 9.17) is 5.73 Å². The maximum absolute atomic E-state index is 11.4. The Labute approximate surface area is 143 Å². The molecule has 3 aromatic rings. The fourth-order valence-corrected chi connectivity index (χ4v) is 4.15. The molecule has 2 aromatic heterocycles. The second kappa shape index (κ2) is 6.29. The minimum Gasteiger partial charge on any atom is -0.369 e. The van der Waals surface area contributed by atoms with Crippen LogP contribution in [0.3, 0.4) is 0 Å². The third kappa shape index (κ3) is 3.09. The van der Waals surface area contributed by atoms with Crippen molar-refractivity contribution in [2.75, 3.05) is 0 Å². The Hall–Kier alpha value is -1.92. The number of benzene rings is 1. The molecule has 23 heavy (non-hydrogen) atoms. The van der Waals surface area contributed by atoms with E-state index in [1.807, 2.05) is 0 Å². The number of aromatic nitrogens is 2. The number of thiophene rings is 1. The number of nitrogens with two attached hydrogens (primary N) is 1. The Morgan fingerprint density at radius 2 is 2.04 bits per heavy atom. The van der Waals surface area contributed by atoms with Crippen molar-refractivity contribution in [3.63, 3.8) is 0 Å². The van der Waals surface area contributed by atoms with Crippen molar-refractivity contribution in [3.05, 3.63) is 41.0 Å². The number of thioether (sulfide) groups is 1.